The summed E-state index contributed by atoms with van der Waals surface area (Å²) in [4.78, 5) is 0. The van der Waals surface area contributed by atoms with E-state index in [1.807, 2.05) is 66.7 Å². The van der Waals surface area contributed by atoms with Crippen LogP contribution in [0.3, 0.4) is 0 Å². The molecule has 0 spiro atoms. The first-order chi connectivity index (χ1) is 10.0. The van der Waals surface area contributed by atoms with Crippen molar-refractivity contribution in [3.8, 4) is 11.1 Å². The van der Waals surface area contributed by atoms with Crippen LogP contribution in [-0.2, 0) is 10.0 Å². The minimum absolute atomic E-state index is 0.604. The molecule has 0 bridgehead atoms. The molecule has 0 amide bonds. The van der Waals surface area contributed by atoms with Crippen molar-refractivity contribution in [1.82, 2.24) is 0 Å². The smallest absolute Gasteiger partial charge is 0.229 e. The summed E-state index contributed by atoms with van der Waals surface area (Å²) in [6.45, 7) is 0. The van der Waals surface area contributed by atoms with E-state index < -0.39 is 10.0 Å². The minimum Gasteiger partial charge on any atom is -0.283 e. The van der Waals surface area contributed by atoms with Crippen molar-refractivity contribution < 1.29 is 8.42 Å². The van der Waals surface area contributed by atoms with E-state index >= 15 is 0 Å². The quantitative estimate of drug-likeness (QED) is 0.797. The maximum atomic E-state index is 11.5. The van der Waals surface area contributed by atoms with Crippen LogP contribution in [0.15, 0.2) is 66.7 Å². The van der Waals surface area contributed by atoms with Gasteiger partial charge in [0.25, 0.3) is 0 Å². The molecule has 3 nitrogen and oxygen atoms in total. The zero-order valence-electron chi connectivity index (χ0n) is 11.6. The molecule has 4 heteroatoms. The maximum Gasteiger partial charge on any atom is 0.229 e. The molecule has 3 aromatic rings. The fourth-order valence-electron chi connectivity index (χ4n) is 2.46. The molecule has 0 heterocycles. The number of hydrogen-bond acceptors (Lipinski definition) is 2. The summed E-state index contributed by atoms with van der Waals surface area (Å²) >= 11 is 0. The Balaban J connectivity index is 2.25. The standard InChI is InChI=1S/C17H15NO2S/c1-21(19,20)18-17-12-11-14(13-7-3-2-4-8-13)15-9-5-6-10-16(15)17/h2-12,18H,1H3. The maximum absolute atomic E-state index is 11.5. The third kappa shape index (κ3) is 2.90. The zero-order chi connectivity index (χ0) is 14.9. The largest absolute Gasteiger partial charge is 0.283 e. The van der Waals surface area contributed by atoms with Crippen LogP contribution in [0.25, 0.3) is 21.9 Å². The molecule has 0 aliphatic rings. The van der Waals surface area contributed by atoms with E-state index in [1.54, 1.807) is 0 Å². The normalized spacial score (nSPS) is 11.5. The average Bonchev–Trinajstić information content (AvgIpc) is 2.47. The lowest BCUT2D eigenvalue weighted by molar-refractivity contribution is 0.607. The second-order valence-electron chi connectivity index (χ2n) is 4.95. The first-order valence-corrected chi connectivity index (χ1v) is 8.49. The second kappa shape index (κ2) is 5.22. The van der Waals surface area contributed by atoms with Gasteiger partial charge in [-0.25, -0.2) is 8.42 Å². The highest BCUT2D eigenvalue weighted by Gasteiger charge is 2.10. The van der Waals surface area contributed by atoms with Gasteiger partial charge in [-0.15, -0.1) is 0 Å². The summed E-state index contributed by atoms with van der Waals surface area (Å²) in [6.07, 6.45) is 1.16. The number of fused-ring (bicyclic) bond motifs is 1. The van der Waals surface area contributed by atoms with Gasteiger partial charge < -0.3 is 0 Å². The highest BCUT2D eigenvalue weighted by molar-refractivity contribution is 7.92. The molecule has 0 radical (unpaired) electrons. The predicted molar refractivity (Wildman–Crippen MR) is 87.9 cm³/mol. The second-order valence-corrected chi connectivity index (χ2v) is 6.69. The summed E-state index contributed by atoms with van der Waals surface area (Å²) in [6, 6.07) is 21.6. The summed E-state index contributed by atoms with van der Waals surface area (Å²) in [5, 5.41) is 1.92. The molecular weight excluding hydrogens is 282 g/mol. The topological polar surface area (TPSA) is 46.2 Å². The van der Waals surface area contributed by atoms with Crippen molar-refractivity contribution in [3.63, 3.8) is 0 Å². The first-order valence-electron chi connectivity index (χ1n) is 6.59. The van der Waals surface area contributed by atoms with Crippen LogP contribution in [0.4, 0.5) is 5.69 Å². The van der Waals surface area contributed by atoms with Crippen LogP contribution in [0.1, 0.15) is 0 Å². The highest BCUT2D eigenvalue weighted by Crippen LogP contribution is 2.33. The minimum atomic E-state index is -3.30. The lowest BCUT2D eigenvalue weighted by Gasteiger charge is -2.12. The molecule has 0 aliphatic heterocycles. The fourth-order valence-corrected chi connectivity index (χ4v) is 3.03. The van der Waals surface area contributed by atoms with Gasteiger partial charge in [-0.05, 0) is 22.6 Å². The monoisotopic (exact) mass is 297 g/mol. The van der Waals surface area contributed by atoms with E-state index in [1.165, 1.54) is 0 Å². The van der Waals surface area contributed by atoms with Gasteiger partial charge in [0.05, 0.1) is 11.9 Å². The van der Waals surface area contributed by atoms with Gasteiger partial charge in [0, 0.05) is 5.39 Å². The van der Waals surface area contributed by atoms with E-state index in [2.05, 4.69) is 4.72 Å². The molecule has 0 atom stereocenters. The average molecular weight is 297 g/mol. The number of rotatable bonds is 3. The Morgan fingerprint density at radius 2 is 1.38 bits per heavy atom. The van der Waals surface area contributed by atoms with Crippen LogP contribution in [-0.4, -0.2) is 14.7 Å². The third-order valence-electron chi connectivity index (χ3n) is 3.30. The molecular formula is C17H15NO2S. The van der Waals surface area contributed by atoms with Gasteiger partial charge in [-0.1, -0.05) is 60.7 Å². The van der Waals surface area contributed by atoms with Crippen LogP contribution in [0, 0.1) is 0 Å². The van der Waals surface area contributed by atoms with Gasteiger partial charge in [-0.3, -0.25) is 4.72 Å². The van der Waals surface area contributed by atoms with Crippen molar-refractivity contribution in [1.29, 1.82) is 0 Å². The van der Waals surface area contributed by atoms with Crippen LogP contribution < -0.4 is 4.72 Å². The number of benzene rings is 3. The summed E-state index contributed by atoms with van der Waals surface area (Å²) in [5.74, 6) is 0. The molecule has 0 aromatic heterocycles. The van der Waals surface area contributed by atoms with Gasteiger partial charge >= 0.3 is 0 Å². The van der Waals surface area contributed by atoms with E-state index in [0.717, 1.165) is 28.2 Å². The van der Waals surface area contributed by atoms with Crippen molar-refractivity contribution >= 4 is 26.5 Å². The van der Waals surface area contributed by atoms with Crippen molar-refractivity contribution in [2.75, 3.05) is 11.0 Å². The molecule has 0 saturated carbocycles. The Labute approximate surface area is 124 Å². The van der Waals surface area contributed by atoms with Crippen molar-refractivity contribution in [2.45, 2.75) is 0 Å². The molecule has 3 rings (SSSR count). The Morgan fingerprint density at radius 3 is 2.05 bits per heavy atom. The van der Waals surface area contributed by atoms with Crippen LogP contribution in [0.2, 0.25) is 0 Å². The van der Waals surface area contributed by atoms with E-state index in [9.17, 15) is 8.42 Å². The molecule has 0 saturated heterocycles. The Bertz CT molecular complexity index is 887. The lowest BCUT2D eigenvalue weighted by atomic mass is 9.97. The number of sulfonamides is 1. The fraction of sp³-hybridized carbons (Fsp3) is 0.0588. The zero-order valence-corrected chi connectivity index (χ0v) is 12.4. The SMILES string of the molecule is CS(=O)(=O)Nc1ccc(-c2ccccc2)c2ccccc12. The van der Waals surface area contributed by atoms with Crippen molar-refractivity contribution in [3.05, 3.63) is 66.7 Å². The predicted octanol–water partition coefficient (Wildman–Crippen LogP) is 3.88. The lowest BCUT2D eigenvalue weighted by Crippen LogP contribution is -2.09. The summed E-state index contributed by atoms with van der Waals surface area (Å²) < 4.78 is 25.6. The third-order valence-corrected chi connectivity index (χ3v) is 3.89. The van der Waals surface area contributed by atoms with E-state index in [4.69, 9.17) is 0 Å². The number of nitrogens with one attached hydrogen (secondary N) is 1. The number of anilines is 1. The van der Waals surface area contributed by atoms with E-state index in [-0.39, 0.29) is 0 Å². The molecule has 1 N–H and O–H groups in total. The van der Waals surface area contributed by atoms with Gasteiger partial charge in [0.1, 0.15) is 0 Å². The van der Waals surface area contributed by atoms with E-state index in [0.29, 0.717) is 5.69 Å². The van der Waals surface area contributed by atoms with Gasteiger partial charge in [-0.2, -0.15) is 0 Å². The molecule has 0 fully saturated rings. The van der Waals surface area contributed by atoms with Crippen LogP contribution in [0.5, 0.6) is 0 Å². The van der Waals surface area contributed by atoms with Crippen LogP contribution >= 0.6 is 0 Å². The molecule has 106 valence electrons. The molecule has 0 aliphatic carbocycles. The molecule has 3 aromatic carbocycles. The number of hydrogen-bond donors (Lipinski definition) is 1. The van der Waals surface area contributed by atoms with Gasteiger partial charge in [0.2, 0.25) is 10.0 Å². The van der Waals surface area contributed by atoms with Crippen molar-refractivity contribution in [2.24, 2.45) is 0 Å². The molecule has 21 heavy (non-hydrogen) atoms. The Morgan fingerprint density at radius 1 is 0.762 bits per heavy atom. The summed E-state index contributed by atoms with van der Waals surface area (Å²) in [7, 11) is -3.30. The Hall–Kier alpha value is -2.33. The van der Waals surface area contributed by atoms with Gasteiger partial charge in [0.15, 0.2) is 0 Å². The summed E-state index contributed by atoms with van der Waals surface area (Å²) in [5.41, 5.74) is 2.80. The first kappa shape index (κ1) is 13.6. The molecule has 0 unspecified atom stereocenters. The Kier molecular flexibility index (Phi) is 3.39. The highest BCUT2D eigenvalue weighted by atomic mass is 32.2.